The fourth-order valence-corrected chi connectivity index (χ4v) is 3.48. The van der Waals surface area contributed by atoms with E-state index < -0.39 is 0 Å². The van der Waals surface area contributed by atoms with E-state index in [9.17, 15) is 4.79 Å². The summed E-state index contributed by atoms with van der Waals surface area (Å²) in [6.07, 6.45) is 6.66. The molecule has 3 heteroatoms. The van der Waals surface area contributed by atoms with E-state index in [-0.39, 0.29) is 6.03 Å². The summed E-state index contributed by atoms with van der Waals surface area (Å²) in [5.74, 6) is 0. The van der Waals surface area contributed by atoms with Crippen LogP contribution in [-0.2, 0) is 6.54 Å². The molecule has 2 aliphatic rings. The number of urea groups is 1. The summed E-state index contributed by atoms with van der Waals surface area (Å²) >= 11 is 0. The number of amides is 2. The lowest BCUT2D eigenvalue weighted by atomic mass is 9.97. The lowest BCUT2D eigenvalue weighted by molar-refractivity contribution is 0.160. The molecule has 2 fully saturated rings. The Kier molecular flexibility index (Phi) is 3.77. The number of carbonyl (C=O) groups excluding carboxylic acids is 1. The fourth-order valence-electron chi connectivity index (χ4n) is 3.48. The Morgan fingerprint density at radius 1 is 1.25 bits per heavy atom. The minimum atomic E-state index is 0.108. The molecule has 20 heavy (non-hydrogen) atoms. The number of hydrogen-bond donors (Lipinski definition) is 1. The highest BCUT2D eigenvalue weighted by molar-refractivity contribution is 5.75. The standard InChI is InChI=1S/C17H22N2O/c1-2-13-10-15-8-9-16(11-13)19(15)17(20)18-12-14-6-4-3-5-7-14/h2-7,15-16H,8-12H2,1H3,(H,18,20). The first kappa shape index (κ1) is 13.2. The van der Waals surface area contributed by atoms with E-state index in [1.54, 1.807) is 0 Å². The molecule has 1 N–H and O–H groups in total. The predicted octanol–water partition coefficient (Wildman–Crippen LogP) is 3.47. The highest BCUT2D eigenvalue weighted by Crippen LogP contribution is 2.38. The molecule has 1 aromatic rings. The summed E-state index contributed by atoms with van der Waals surface area (Å²) in [6, 6.07) is 11.0. The molecule has 1 aromatic carbocycles. The van der Waals surface area contributed by atoms with Crippen molar-refractivity contribution < 1.29 is 4.79 Å². The van der Waals surface area contributed by atoms with Crippen LogP contribution in [0.2, 0.25) is 0 Å². The van der Waals surface area contributed by atoms with Gasteiger partial charge in [0.15, 0.2) is 0 Å². The Morgan fingerprint density at radius 3 is 2.50 bits per heavy atom. The number of hydrogen-bond acceptors (Lipinski definition) is 1. The van der Waals surface area contributed by atoms with Gasteiger partial charge in [0.2, 0.25) is 0 Å². The smallest absolute Gasteiger partial charge is 0.318 e. The van der Waals surface area contributed by atoms with Crippen LogP contribution in [0.25, 0.3) is 0 Å². The normalized spacial score (nSPS) is 24.6. The molecule has 0 spiro atoms. The number of carbonyl (C=O) groups is 1. The maximum atomic E-state index is 12.4. The van der Waals surface area contributed by atoms with Gasteiger partial charge in [0.25, 0.3) is 0 Å². The summed E-state index contributed by atoms with van der Waals surface area (Å²) in [6.45, 7) is 2.73. The Bertz CT molecular complexity index is 493. The van der Waals surface area contributed by atoms with Crippen molar-refractivity contribution in [3.05, 3.63) is 47.5 Å². The summed E-state index contributed by atoms with van der Waals surface area (Å²) < 4.78 is 0. The van der Waals surface area contributed by atoms with Crippen LogP contribution in [0.4, 0.5) is 4.79 Å². The fraction of sp³-hybridized carbons (Fsp3) is 0.471. The number of rotatable bonds is 2. The van der Waals surface area contributed by atoms with E-state index in [0.29, 0.717) is 18.6 Å². The van der Waals surface area contributed by atoms with Gasteiger partial charge in [-0.25, -0.2) is 4.79 Å². The number of piperidine rings is 1. The van der Waals surface area contributed by atoms with Gasteiger partial charge in [-0.05, 0) is 38.2 Å². The lowest BCUT2D eigenvalue weighted by Gasteiger charge is -2.36. The molecule has 2 saturated heterocycles. The Labute approximate surface area is 120 Å². The van der Waals surface area contributed by atoms with Crippen molar-refractivity contribution in [2.75, 3.05) is 0 Å². The van der Waals surface area contributed by atoms with Gasteiger partial charge in [-0.3, -0.25) is 0 Å². The molecular formula is C17H22N2O. The quantitative estimate of drug-likeness (QED) is 0.820. The van der Waals surface area contributed by atoms with Gasteiger partial charge in [-0.2, -0.15) is 0 Å². The molecule has 0 saturated carbocycles. The second kappa shape index (κ2) is 5.70. The Hall–Kier alpha value is -1.77. The average Bonchev–Trinajstić information content (AvgIpc) is 2.76. The lowest BCUT2D eigenvalue weighted by Crippen LogP contribution is -2.49. The van der Waals surface area contributed by atoms with Crippen LogP contribution in [0.1, 0.15) is 38.2 Å². The molecule has 2 unspecified atom stereocenters. The minimum absolute atomic E-state index is 0.108. The topological polar surface area (TPSA) is 32.3 Å². The van der Waals surface area contributed by atoms with Crippen molar-refractivity contribution in [2.24, 2.45) is 0 Å². The molecule has 2 aliphatic heterocycles. The number of benzene rings is 1. The number of allylic oxidation sites excluding steroid dienone is 1. The van der Waals surface area contributed by atoms with Crippen LogP contribution < -0.4 is 5.32 Å². The molecule has 2 atom stereocenters. The highest BCUT2D eigenvalue weighted by atomic mass is 16.2. The van der Waals surface area contributed by atoms with Crippen LogP contribution in [0.3, 0.4) is 0 Å². The third-order valence-corrected chi connectivity index (χ3v) is 4.54. The molecule has 3 nitrogen and oxygen atoms in total. The maximum Gasteiger partial charge on any atom is 0.318 e. The zero-order valence-electron chi connectivity index (χ0n) is 12.0. The first-order valence-corrected chi connectivity index (χ1v) is 7.52. The molecule has 2 amide bonds. The van der Waals surface area contributed by atoms with Gasteiger partial charge in [-0.15, -0.1) is 0 Å². The van der Waals surface area contributed by atoms with Gasteiger partial charge in [0.05, 0.1) is 0 Å². The zero-order chi connectivity index (χ0) is 13.9. The number of nitrogens with one attached hydrogen (secondary N) is 1. The first-order chi connectivity index (χ1) is 9.78. The van der Waals surface area contributed by atoms with E-state index in [1.165, 1.54) is 5.57 Å². The van der Waals surface area contributed by atoms with Crippen LogP contribution in [0.15, 0.2) is 42.0 Å². The largest absolute Gasteiger partial charge is 0.334 e. The van der Waals surface area contributed by atoms with Crippen LogP contribution in [-0.4, -0.2) is 23.0 Å². The summed E-state index contributed by atoms with van der Waals surface area (Å²) in [4.78, 5) is 14.5. The molecular weight excluding hydrogens is 248 g/mol. The number of nitrogens with zero attached hydrogens (tertiary/aromatic N) is 1. The van der Waals surface area contributed by atoms with E-state index in [1.807, 2.05) is 30.3 Å². The van der Waals surface area contributed by atoms with Gasteiger partial charge in [-0.1, -0.05) is 42.0 Å². The van der Waals surface area contributed by atoms with Crippen molar-refractivity contribution in [3.63, 3.8) is 0 Å². The zero-order valence-corrected chi connectivity index (χ0v) is 12.0. The highest BCUT2D eigenvalue weighted by Gasteiger charge is 2.40. The monoisotopic (exact) mass is 270 g/mol. The molecule has 2 bridgehead atoms. The molecule has 0 aliphatic carbocycles. The van der Waals surface area contributed by atoms with Gasteiger partial charge in [0.1, 0.15) is 0 Å². The van der Waals surface area contributed by atoms with Crippen molar-refractivity contribution in [2.45, 2.75) is 51.2 Å². The van der Waals surface area contributed by atoms with Gasteiger partial charge >= 0.3 is 6.03 Å². The van der Waals surface area contributed by atoms with E-state index in [0.717, 1.165) is 31.2 Å². The van der Waals surface area contributed by atoms with Gasteiger partial charge < -0.3 is 10.2 Å². The third kappa shape index (κ3) is 2.58. The average molecular weight is 270 g/mol. The Balaban J connectivity index is 1.61. The van der Waals surface area contributed by atoms with Crippen molar-refractivity contribution in [1.29, 1.82) is 0 Å². The molecule has 2 heterocycles. The number of fused-ring (bicyclic) bond motifs is 2. The van der Waals surface area contributed by atoms with Crippen molar-refractivity contribution in [3.8, 4) is 0 Å². The first-order valence-electron chi connectivity index (χ1n) is 7.52. The Morgan fingerprint density at radius 2 is 1.90 bits per heavy atom. The van der Waals surface area contributed by atoms with Crippen molar-refractivity contribution >= 4 is 6.03 Å². The van der Waals surface area contributed by atoms with Crippen LogP contribution in [0.5, 0.6) is 0 Å². The molecule has 0 aromatic heterocycles. The van der Waals surface area contributed by atoms with Crippen LogP contribution >= 0.6 is 0 Å². The molecule has 0 radical (unpaired) electrons. The maximum absolute atomic E-state index is 12.4. The van der Waals surface area contributed by atoms with Gasteiger partial charge in [0, 0.05) is 18.6 Å². The summed E-state index contributed by atoms with van der Waals surface area (Å²) in [5.41, 5.74) is 2.67. The second-order valence-electron chi connectivity index (χ2n) is 5.79. The van der Waals surface area contributed by atoms with Crippen LogP contribution in [0, 0.1) is 0 Å². The molecule has 106 valence electrons. The SMILES string of the molecule is CC=C1CC2CCC(C1)N2C(=O)NCc1ccccc1. The van der Waals surface area contributed by atoms with Crippen molar-refractivity contribution in [1.82, 2.24) is 10.2 Å². The summed E-state index contributed by atoms with van der Waals surface area (Å²) in [7, 11) is 0. The predicted molar refractivity (Wildman–Crippen MR) is 80.3 cm³/mol. The second-order valence-corrected chi connectivity index (χ2v) is 5.79. The van der Waals surface area contributed by atoms with E-state index in [2.05, 4.69) is 23.2 Å². The summed E-state index contributed by atoms with van der Waals surface area (Å²) in [5, 5.41) is 3.07. The van der Waals surface area contributed by atoms with E-state index >= 15 is 0 Å². The minimum Gasteiger partial charge on any atom is -0.334 e. The third-order valence-electron chi connectivity index (χ3n) is 4.54. The van der Waals surface area contributed by atoms with E-state index in [4.69, 9.17) is 0 Å². The molecule has 3 rings (SSSR count).